The lowest BCUT2D eigenvalue weighted by Crippen LogP contribution is -2.23. The normalized spacial score (nSPS) is 12.5. The van der Waals surface area contributed by atoms with Crippen molar-refractivity contribution < 1.29 is 27.7 Å². The van der Waals surface area contributed by atoms with Crippen molar-refractivity contribution in [1.29, 1.82) is 0 Å². The van der Waals surface area contributed by atoms with Crippen LogP contribution in [0.15, 0.2) is 41.6 Å². The molecule has 1 amide bonds. The molecule has 2 aromatic rings. The molecule has 10 heteroatoms. The van der Waals surface area contributed by atoms with Crippen molar-refractivity contribution in [3.8, 4) is 0 Å². The van der Waals surface area contributed by atoms with Crippen LogP contribution in [-0.4, -0.2) is 39.5 Å². The topological polar surface area (TPSA) is 139 Å². The van der Waals surface area contributed by atoms with E-state index in [0.717, 1.165) is 25.3 Å². The first-order valence-corrected chi connectivity index (χ1v) is 10.3. The van der Waals surface area contributed by atoms with E-state index in [2.05, 4.69) is 17.2 Å². The Morgan fingerprint density at radius 1 is 1.21 bits per heavy atom. The summed E-state index contributed by atoms with van der Waals surface area (Å²) in [5.74, 6) is -1.89. The number of aromatic nitrogens is 2. The average Bonchev–Trinajstić information content (AvgIpc) is 3.08. The first-order chi connectivity index (χ1) is 13.3. The summed E-state index contributed by atoms with van der Waals surface area (Å²) < 4.78 is 33.6. The highest BCUT2D eigenvalue weighted by atomic mass is 32.2. The number of nitrogens with zero attached hydrogens (tertiary/aromatic N) is 2. The van der Waals surface area contributed by atoms with Gasteiger partial charge in [0.2, 0.25) is 5.95 Å². The van der Waals surface area contributed by atoms with Crippen LogP contribution in [0.5, 0.6) is 0 Å². The summed E-state index contributed by atoms with van der Waals surface area (Å²) >= 11 is 0. The molecule has 152 valence electrons. The molecular formula is C18H23N3O6S. The van der Waals surface area contributed by atoms with Gasteiger partial charge in [-0.15, -0.1) is 0 Å². The Hall–Kier alpha value is -2.72. The molecule has 1 aromatic heterocycles. The summed E-state index contributed by atoms with van der Waals surface area (Å²) in [6.45, 7) is 2.06. The van der Waals surface area contributed by atoms with Gasteiger partial charge in [0.15, 0.2) is 0 Å². The van der Waals surface area contributed by atoms with Crippen LogP contribution in [0, 0.1) is 0 Å². The quantitative estimate of drug-likeness (QED) is 0.405. The van der Waals surface area contributed by atoms with Crippen LogP contribution in [0.4, 0.5) is 5.95 Å². The Morgan fingerprint density at radius 2 is 1.93 bits per heavy atom. The molecule has 0 saturated heterocycles. The Balaban J connectivity index is 2.24. The van der Waals surface area contributed by atoms with Gasteiger partial charge in [-0.3, -0.25) is 14.7 Å². The van der Waals surface area contributed by atoms with E-state index in [1.165, 1.54) is 35.2 Å². The number of carbonyl (C=O) groups excluding carboxylic acids is 1. The fourth-order valence-corrected chi connectivity index (χ4v) is 3.54. The van der Waals surface area contributed by atoms with Gasteiger partial charge in [0.1, 0.15) is 10.9 Å². The fraction of sp³-hybridized carbons (Fsp3) is 0.389. The molecule has 0 aliphatic rings. The second-order valence-electron chi connectivity index (χ2n) is 6.29. The zero-order valence-corrected chi connectivity index (χ0v) is 16.2. The summed E-state index contributed by atoms with van der Waals surface area (Å²) in [6, 6.07) is 4.25. The number of hydrogen-bond donors (Lipinski definition) is 3. The summed E-state index contributed by atoms with van der Waals surface area (Å²) in [5.41, 5.74) is -0.269. The van der Waals surface area contributed by atoms with Crippen LogP contribution in [-0.2, 0) is 14.9 Å². The van der Waals surface area contributed by atoms with Crippen LogP contribution in [0.1, 0.15) is 55.4 Å². The lowest BCUT2D eigenvalue weighted by atomic mass is 10.1. The highest BCUT2D eigenvalue weighted by Gasteiger charge is 2.25. The first kappa shape index (κ1) is 21.6. The molecular weight excluding hydrogens is 386 g/mol. The van der Waals surface area contributed by atoms with E-state index in [1.54, 1.807) is 0 Å². The second kappa shape index (κ2) is 9.47. The number of benzene rings is 1. The van der Waals surface area contributed by atoms with E-state index in [-0.39, 0.29) is 11.5 Å². The van der Waals surface area contributed by atoms with Gasteiger partial charge in [-0.2, -0.15) is 8.42 Å². The van der Waals surface area contributed by atoms with Gasteiger partial charge in [-0.1, -0.05) is 44.7 Å². The molecule has 0 aliphatic heterocycles. The van der Waals surface area contributed by atoms with Gasteiger partial charge in [0, 0.05) is 12.4 Å². The largest absolute Gasteiger partial charge is 0.480 e. The van der Waals surface area contributed by atoms with Gasteiger partial charge >= 0.3 is 5.97 Å². The van der Waals surface area contributed by atoms with E-state index in [4.69, 9.17) is 0 Å². The SMILES string of the molecule is CCCCCCC(C(=O)O)n1ccnc1NC(=O)c1ccccc1S(=O)(=O)O. The minimum Gasteiger partial charge on any atom is -0.480 e. The van der Waals surface area contributed by atoms with Gasteiger partial charge in [-0.25, -0.2) is 9.78 Å². The number of amides is 1. The minimum atomic E-state index is -4.60. The highest BCUT2D eigenvalue weighted by molar-refractivity contribution is 7.86. The standard InChI is InChI=1S/C18H23N3O6S/c1-2-3-4-5-9-14(17(23)24)21-12-11-19-18(21)20-16(22)13-8-6-7-10-15(13)28(25,26)27/h6-8,10-12,14H,2-5,9H2,1H3,(H,23,24)(H,19,20,22)(H,25,26,27). The Bertz CT molecular complexity index is 938. The van der Waals surface area contributed by atoms with Crippen LogP contribution in [0.2, 0.25) is 0 Å². The third kappa shape index (κ3) is 5.40. The van der Waals surface area contributed by atoms with Crippen molar-refractivity contribution in [2.24, 2.45) is 0 Å². The van der Waals surface area contributed by atoms with E-state index in [0.29, 0.717) is 12.8 Å². The van der Waals surface area contributed by atoms with Crippen molar-refractivity contribution in [3.05, 3.63) is 42.2 Å². The molecule has 0 aliphatic carbocycles. The fourth-order valence-electron chi connectivity index (χ4n) is 2.86. The molecule has 1 atom stereocenters. The molecule has 0 saturated carbocycles. The van der Waals surface area contributed by atoms with Crippen molar-refractivity contribution in [3.63, 3.8) is 0 Å². The van der Waals surface area contributed by atoms with E-state index >= 15 is 0 Å². The molecule has 3 N–H and O–H groups in total. The molecule has 2 rings (SSSR count). The number of unbranched alkanes of at least 4 members (excludes halogenated alkanes) is 3. The number of carboxylic acids is 1. The molecule has 1 heterocycles. The Labute approximate surface area is 163 Å². The summed E-state index contributed by atoms with van der Waals surface area (Å²) in [5, 5.41) is 12.0. The van der Waals surface area contributed by atoms with Gasteiger partial charge in [-0.05, 0) is 18.6 Å². The van der Waals surface area contributed by atoms with Crippen molar-refractivity contribution in [1.82, 2.24) is 9.55 Å². The Morgan fingerprint density at radius 3 is 2.57 bits per heavy atom. The van der Waals surface area contributed by atoms with Crippen LogP contribution in [0.3, 0.4) is 0 Å². The summed E-state index contributed by atoms with van der Waals surface area (Å²) in [4.78, 5) is 27.7. The predicted molar refractivity (Wildman–Crippen MR) is 102 cm³/mol. The van der Waals surface area contributed by atoms with Crippen molar-refractivity contribution in [2.75, 3.05) is 5.32 Å². The second-order valence-corrected chi connectivity index (χ2v) is 7.68. The molecule has 0 radical (unpaired) electrons. The number of nitrogens with one attached hydrogen (secondary N) is 1. The van der Waals surface area contributed by atoms with Crippen molar-refractivity contribution in [2.45, 2.75) is 50.0 Å². The highest BCUT2D eigenvalue weighted by Crippen LogP contribution is 2.22. The first-order valence-electron chi connectivity index (χ1n) is 8.89. The summed E-state index contributed by atoms with van der Waals surface area (Å²) in [7, 11) is -4.60. The third-order valence-corrected chi connectivity index (χ3v) is 5.17. The zero-order chi connectivity index (χ0) is 20.7. The number of carbonyl (C=O) groups is 2. The number of imidazole rings is 1. The zero-order valence-electron chi connectivity index (χ0n) is 15.4. The molecule has 9 nitrogen and oxygen atoms in total. The van der Waals surface area contributed by atoms with Gasteiger partial charge in [0.25, 0.3) is 16.0 Å². The van der Waals surface area contributed by atoms with Crippen LogP contribution in [0.25, 0.3) is 0 Å². The van der Waals surface area contributed by atoms with E-state index < -0.39 is 32.9 Å². The number of hydrogen-bond acceptors (Lipinski definition) is 5. The third-order valence-electron chi connectivity index (χ3n) is 4.26. The lowest BCUT2D eigenvalue weighted by Gasteiger charge is -2.17. The molecule has 0 spiro atoms. The average molecular weight is 409 g/mol. The van der Waals surface area contributed by atoms with Gasteiger partial charge < -0.3 is 9.67 Å². The number of carboxylic acid groups (broad SMARTS) is 1. The summed E-state index contributed by atoms with van der Waals surface area (Å²) in [6.07, 6.45) is 6.81. The maximum atomic E-state index is 12.5. The number of anilines is 1. The van der Waals surface area contributed by atoms with E-state index in [1.807, 2.05) is 0 Å². The number of aliphatic carboxylic acids is 1. The molecule has 0 bridgehead atoms. The number of rotatable bonds is 10. The molecule has 0 fully saturated rings. The molecule has 1 unspecified atom stereocenters. The van der Waals surface area contributed by atoms with Crippen molar-refractivity contribution >= 4 is 27.9 Å². The maximum absolute atomic E-state index is 12.5. The van der Waals surface area contributed by atoms with E-state index in [9.17, 15) is 27.7 Å². The molecule has 28 heavy (non-hydrogen) atoms. The van der Waals surface area contributed by atoms with Crippen LogP contribution < -0.4 is 5.32 Å². The monoisotopic (exact) mass is 409 g/mol. The van der Waals surface area contributed by atoms with Crippen LogP contribution >= 0.6 is 0 Å². The minimum absolute atomic E-state index is 0.0157. The molecule has 1 aromatic carbocycles. The maximum Gasteiger partial charge on any atom is 0.326 e. The smallest absolute Gasteiger partial charge is 0.326 e. The lowest BCUT2D eigenvalue weighted by molar-refractivity contribution is -0.141. The van der Waals surface area contributed by atoms with Gasteiger partial charge in [0.05, 0.1) is 5.56 Å². The Kier molecular flexibility index (Phi) is 7.30. The predicted octanol–water partition coefficient (Wildman–Crippen LogP) is 2.98.